The quantitative estimate of drug-likeness (QED) is 0.506. The lowest BCUT2D eigenvalue weighted by Crippen LogP contribution is -2.09. The summed E-state index contributed by atoms with van der Waals surface area (Å²) < 4.78 is 3.46. The van der Waals surface area contributed by atoms with Crippen LogP contribution in [0.2, 0.25) is 0 Å². The molecular weight excluding hydrogens is 190 g/mol. The minimum atomic E-state index is -1.28. The number of hydrogen-bond donors (Lipinski definition) is 0. The average molecular weight is 195 g/mol. The largest absolute Gasteiger partial charge is 0.338 e. The van der Waals surface area contributed by atoms with E-state index < -0.39 is 3.85 Å². The van der Waals surface area contributed by atoms with Crippen molar-refractivity contribution in [1.82, 2.24) is 0 Å². The third kappa shape index (κ3) is 4.10. The highest BCUT2D eigenvalue weighted by Crippen LogP contribution is 2.38. The van der Waals surface area contributed by atoms with E-state index in [9.17, 15) is 0 Å². The summed E-state index contributed by atoms with van der Waals surface area (Å²) in [5.74, 6) is 0. The standard InChI is InChI=1S/C3H5Cl3OS/c1-2-7-3(4,5)8-6/h2H2,1H3. The van der Waals surface area contributed by atoms with E-state index in [2.05, 4.69) is 0 Å². The first-order valence-corrected chi connectivity index (χ1v) is 4.33. The summed E-state index contributed by atoms with van der Waals surface area (Å²) in [6.45, 7) is 2.24. The van der Waals surface area contributed by atoms with Crippen LogP contribution in [0.5, 0.6) is 0 Å². The Bertz CT molecular complexity index is 67.5. The molecular formula is C3H5Cl3OS. The van der Waals surface area contributed by atoms with Gasteiger partial charge in [-0.15, -0.1) is 0 Å². The van der Waals surface area contributed by atoms with Gasteiger partial charge >= 0.3 is 0 Å². The normalized spacial score (nSPS) is 12.0. The molecule has 0 bridgehead atoms. The summed E-state index contributed by atoms with van der Waals surface area (Å²) in [5, 5.41) is 0. The molecule has 5 heteroatoms. The van der Waals surface area contributed by atoms with Crippen molar-refractivity contribution in [3.05, 3.63) is 0 Å². The van der Waals surface area contributed by atoms with Crippen LogP contribution in [-0.2, 0) is 4.74 Å². The van der Waals surface area contributed by atoms with Crippen LogP contribution in [0.3, 0.4) is 0 Å². The van der Waals surface area contributed by atoms with Gasteiger partial charge in [-0.1, -0.05) is 23.2 Å². The van der Waals surface area contributed by atoms with E-state index in [0.29, 0.717) is 6.61 Å². The summed E-state index contributed by atoms with van der Waals surface area (Å²) in [6.07, 6.45) is 0. The summed E-state index contributed by atoms with van der Waals surface area (Å²) in [6, 6.07) is 0. The summed E-state index contributed by atoms with van der Waals surface area (Å²) in [5.41, 5.74) is 0. The van der Waals surface area contributed by atoms with Crippen LogP contribution in [0.1, 0.15) is 6.92 Å². The van der Waals surface area contributed by atoms with Crippen molar-refractivity contribution >= 4 is 44.9 Å². The Morgan fingerprint density at radius 1 is 1.62 bits per heavy atom. The first kappa shape index (κ1) is 9.18. The fourth-order valence-corrected chi connectivity index (χ4v) is 0.705. The molecule has 0 aliphatic carbocycles. The van der Waals surface area contributed by atoms with Crippen LogP contribution >= 0.6 is 44.9 Å². The Hall–Kier alpha value is 1.18. The molecule has 0 aliphatic heterocycles. The van der Waals surface area contributed by atoms with Gasteiger partial charge in [0, 0.05) is 17.6 Å². The Morgan fingerprint density at radius 2 is 2.12 bits per heavy atom. The van der Waals surface area contributed by atoms with Gasteiger partial charge in [0.05, 0.1) is 0 Å². The first-order chi connectivity index (χ1) is 3.62. The van der Waals surface area contributed by atoms with Gasteiger partial charge in [0.1, 0.15) is 0 Å². The van der Waals surface area contributed by atoms with Crippen LogP contribution in [-0.4, -0.2) is 10.5 Å². The Morgan fingerprint density at radius 3 is 2.25 bits per heavy atom. The van der Waals surface area contributed by atoms with Crippen molar-refractivity contribution in [2.45, 2.75) is 10.8 Å². The van der Waals surface area contributed by atoms with Crippen molar-refractivity contribution in [3.8, 4) is 0 Å². The van der Waals surface area contributed by atoms with Gasteiger partial charge < -0.3 is 4.74 Å². The highest BCUT2D eigenvalue weighted by Gasteiger charge is 2.23. The third-order valence-electron chi connectivity index (χ3n) is 0.402. The van der Waals surface area contributed by atoms with Crippen LogP contribution in [0.4, 0.5) is 0 Å². The molecule has 0 aliphatic rings. The monoisotopic (exact) mass is 194 g/mol. The molecule has 0 unspecified atom stereocenters. The number of ether oxygens (including phenoxy) is 1. The number of rotatable bonds is 3. The highest BCUT2D eigenvalue weighted by molar-refractivity contribution is 8.23. The van der Waals surface area contributed by atoms with E-state index in [1.165, 1.54) is 0 Å². The van der Waals surface area contributed by atoms with Crippen molar-refractivity contribution in [2.24, 2.45) is 0 Å². The second kappa shape index (κ2) is 4.07. The minimum absolute atomic E-state index is 0.451. The molecule has 1 nitrogen and oxygen atoms in total. The number of alkyl halides is 2. The second-order valence-corrected chi connectivity index (χ2v) is 3.87. The van der Waals surface area contributed by atoms with E-state index in [1.807, 2.05) is 0 Å². The van der Waals surface area contributed by atoms with Gasteiger partial charge in [-0.05, 0) is 17.6 Å². The molecule has 0 atom stereocenters. The minimum Gasteiger partial charge on any atom is -0.338 e. The van der Waals surface area contributed by atoms with Gasteiger partial charge in [-0.2, -0.15) is 0 Å². The smallest absolute Gasteiger partial charge is 0.281 e. The van der Waals surface area contributed by atoms with Crippen LogP contribution in [0, 0.1) is 0 Å². The molecule has 0 spiro atoms. The molecule has 8 heavy (non-hydrogen) atoms. The molecule has 50 valence electrons. The Balaban J connectivity index is 3.37. The lowest BCUT2D eigenvalue weighted by Gasteiger charge is -2.12. The topological polar surface area (TPSA) is 9.23 Å². The predicted octanol–water partition coefficient (Wildman–Crippen LogP) is 3.00. The van der Waals surface area contributed by atoms with Gasteiger partial charge in [-0.25, -0.2) is 0 Å². The maximum atomic E-state index is 5.40. The molecule has 0 N–H and O–H groups in total. The summed E-state index contributed by atoms with van der Waals surface area (Å²) in [7, 11) is 5.93. The summed E-state index contributed by atoms with van der Waals surface area (Å²) in [4.78, 5) is 0. The zero-order valence-electron chi connectivity index (χ0n) is 4.16. The molecule has 0 saturated carbocycles. The maximum Gasteiger partial charge on any atom is 0.281 e. The molecule has 0 aromatic carbocycles. The SMILES string of the molecule is CCOC(Cl)(Cl)SCl. The maximum absolute atomic E-state index is 5.40. The lowest BCUT2D eigenvalue weighted by molar-refractivity contribution is 0.149. The van der Waals surface area contributed by atoms with Gasteiger partial charge in [0.2, 0.25) is 0 Å². The molecule has 0 fully saturated rings. The second-order valence-electron chi connectivity index (χ2n) is 0.974. The number of halogens is 3. The van der Waals surface area contributed by atoms with Gasteiger partial charge in [-0.3, -0.25) is 0 Å². The van der Waals surface area contributed by atoms with Crippen LogP contribution < -0.4 is 0 Å². The Labute approximate surface area is 67.1 Å². The van der Waals surface area contributed by atoms with E-state index in [-0.39, 0.29) is 0 Å². The fraction of sp³-hybridized carbons (Fsp3) is 1.00. The van der Waals surface area contributed by atoms with Crippen molar-refractivity contribution < 1.29 is 4.74 Å². The third-order valence-corrected chi connectivity index (χ3v) is 2.51. The fourth-order valence-electron chi connectivity index (χ4n) is 0.190. The molecule has 0 aromatic heterocycles. The molecule has 0 radical (unpaired) electrons. The molecule has 0 saturated heterocycles. The summed E-state index contributed by atoms with van der Waals surface area (Å²) >= 11 is 10.8. The first-order valence-electron chi connectivity index (χ1n) is 1.94. The predicted molar refractivity (Wildman–Crippen MR) is 39.5 cm³/mol. The van der Waals surface area contributed by atoms with E-state index >= 15 is 0 Å². The average Bonchev–Trinajstić information content (AvgIpc) is 1.67. The van der Waals surface area contributed by atoms with Crippen molar-refractivity contribution in [2.75, 3.05) is 6.61 Å². The van der Waals surface area contributed by atoms with E-state index in [1.54, 1.807) is 6.92 Å². The van der Waals surface area contributed by atoms with Crippen LogP contribution in [0.25, 0.3) is 0 Å². The molecule has 0 amide bonds. The molecule has 0 rings (SSSR count). The van der Waals surface area contributed by atoms with Gasteiger partial charge in [0.15, 0.2) is 0 Å². The van der Waals surface area contributed by atoms with E-state index in [0.717, 1.165) is 11.0 Å². The van der Waals surface area contributed by atoms with E-state index in [4.69, 9.17) is 38.6 Å². The number of hydrogen-bond acceptors (Lipinski definition) is 2. The molecule has 0 heterocycles. The zero-order valence-corrected chi connectivity index (χ0v) is 7.24. The highest BCUT2D eigenvalue weighted by atomic mass is 35.7. The van der Waals surface area contributed by atoms with Crippen molar-refractivity contribution in [3.63, 3.8) is 0 Å². The Kier molecular flexibility index (Phi) is 4.67. The van der Waals surface area contributed by atoms with Gasteiger partial charge in [0.25, 0.3) is 3.85 Å². The van der Waals surface area contributed by atoms with Crippen LogP contribution in [0.15, 0.2) is 0 Å². The lowest BCUT2D eigenvalue weighted by atomic mass is 10.9. The van der Waals surface area contributed by atoms with Crippen molar-refractivity contribution in [1.29, 1.82) is 0 Å². The molecule has 0 aromatic rings. The zero-order chi connectivity index (χ0) is 6.62.